The first-order valence-corrected chi connectivity index (χ1v) is 3.47. The number of carbonyl (C=O) groups excluding carboxylic acids is 1. The molecule has 1 heterocycles. The van der Waals surface area contributed by atoms with Gasteiger partial charge in [-0.25, -0.2) is 13.8 Å². The second kappa shape index (κ2) is 3.79. The highest BCUT2D eigenvalue weighted by Gasteiger charge is 2.18. The zero-order chi connectivity index (χ0) is 10.7. The summed E-state index contributed by atoms with van der Waals surface area (Å²) in [6, 6.07) is 2.25. The largest absolute Gasteiger partial charge is 0.505 e. The topological polar surface area (TPSA) is 74.0 Å². The lowest BCUT2D eigenvalue weighted by Crippen LogP contribution is -1.97. The maximum absolute atomic E-state index is 12.2. The van der Waals surface area contributed by atoms with Crippen LogP contribution in [0.5, 0.6) is 5.75 Å². The Morgan fingerprint density at radius 1 is 1.64 bits per heavy atom. The maximum Gasteiger partial charge on any atom is 0.267 e. The Morgan fingerprint density at radius 2 is 2.29 bits per heavy atom. The number of carbonyl (C=O) groups is 1. The number of rotatable bonds is 2. The van der Waals surface area contributed by atoms with E-state index in [1.54, 1.807) is 0 Å². The fourth-order valence-electron chi connectivity index (χ4n) is 0.884. The second-order valence-electron chi connectivity index (χ2n) is 2.36. The van der Waals surface area contributed by atoms with Crippen molar-refractivity contribution in [2.24, 2.45) is 0 Å². The van der Waals surface area contributed by atoms with E-state index in [9.17, 15) is 13.6 Å². The summed E-state index contributed by atoms with van der Waals surface area (Å²) in [4.78, 5) is 13.6. The minimum atomic E-state index is -2.95. The first kappa shape index (κ1) is 10.1. The third-order valence-electron chi connectivity index (χ3n) is 1.51. The van der Waals surface area contributed by atoms with E-state index in [0.717, 1.165) is 6.07 Å². The van der Waals surface area contributed by atoms with E-state index >= 15 is 0 Å². The van der Waals surface area contributed by atoms with Gasteiger partial charge in [-0.05, 0) is 6.07 Å². The molecule has 1 aromatic heterocycles. The lowest BCUT2D eigenvalue weighted by molar-refractivity contribution is 0.111. The molecule has 0 spiro atoms. The molecule has 4 nitrogen and oxygen atoms in total. The van der Waals surface area contributed by atoms with Crippen LogP contribution in [0.3, 0.4) is 0 Å². The molecule has 0 fully saturated rings. The number of hydrogen-bond acceptors (Lipinski definition) is 4. The monoisotopic (exact) mass is 198 g/mol. The first-order chi connectivity index (χ1) is 6.60. The van der Waals surface area contributed by atoms with Crippen LogP contribution < -0.4 is 0 Å². The number of nitriles is 1. The van der Waals surface area contributed by atoms with Crippen molar-refractivity contribution in [2.45, 2.75) is 6.43 Å². The lowest BCUT2D eigenvalue weighted by atomic mass is 10.2. The molecule has 0 radical (unpaired) electrons. The van der Waals surface area contributed by atoms with E-state index in [0.29, 0.717) is 0 Å². The van der Waals surface area contributed by atoms with E-state index < -0.39 is 23.4 Å². The molecular weight excluding hydrogens is 194 g/mol. The lowest BCUT2D eigenvalue weighted by Gasteiger charge is -2.04. The van der Waals surface area contributed by atoms with Crippen LogP contribution in [-0.4, -0.2) is 16.4 Å². The molecule has 0 unspecified atom stereocenters. The minimum Gasteiger partial charge on any atom is -0.505 e. The Kier molecular flexibility index (Phi) is 2.72. The molecule has 1 N–H and O–H groups in total. The SMILES string of the molecule is N#Cc1cc(C(F)F)c(O)c(C=O)n1. The van der Waals surface area contributed by atoms with Crippen molar-refractivity contribution >= 4 is 6.29 Å². The Morgan fingerprint density at radius 3 is 2.71 bits per heavy atom. The molecule has 0 bridgehead atoms. The molecule has 0 aliphatic heterocycles. The molecule has 0 aliphatic rings. The van der Waals surface area contributed by atoms with Gasteiger partial charge >= 0.3 is 0 Å². The molecule has 1 aromatic rings. The fourth-order valence-corrected chi connectivity index (χ4v) is 0.884. The number of nitrogens with zero attached hydrogens (tertiary/aromatic N) is 2. The Labute approximate surface area is 77.4 Å². The van der Waals surface area contributed by atoms with Crippen molar-refractivity contribution in [3.8, 4) is 11.8 Å². The van der Waals surface area contributed by atoms with Gasteiger partial charge in [0.25, 0.3) is 6.43 Å². The molecular formula is C8H4F2N2O2. The highest BCUT2D eigenvalue weighted by molar-refractivity contribution is 5.77. The van der Waals surface area contributed by atoms with Gasteiger partial charge in [0.05, 0.1) is 5.56 Å². The second-order valence-corrected chi connectivity index (χ2v) is 2.36. The summed E-state index contributed by atoms with van der Waals surface area (Å²) in [5.74, 6) is -0.881. The van der Waals surface area contributed by atoms with Crippen LogP contribution in [0.1, 0.15) is 28.2 Å². The van der Waals surface area contributed by atoms with E-state index in [1.165, 1.54) is 6.07 Å². The predicted octanol–water partition coefficient (Wildman–Crippen LogP) is 1.41. The fraction of sp³-hybridized carbons (Fsp3) is 0.125. The minimum absolute atomic E-state index is 0.113. The van der Waals surface area contributed by atoms with Crippen LogP contribution in [-0.2, 0) is 0 Å². The molecule has 0 aliphatic carbocycles. The maximum atomic E-state index is 12.2. The molecule has 0 saturated heterocycles. The van der Waals surface area contributed by atoms with Gasteiger partial charge in [0.2, 0.25) is 0 Å². The van der Waals surface area contributed by atoms with Crippen LogP contribution in [0.25, 0.3) is 0 Å². The first-order valence-electron chi connectivity index (χ1n) is 3.47. The molecule has 6 heteroatoms. The molecule has 1 rings (SSSR count). The number of hydrogen-bond donors (Lipinski definition) is 1. The number of aromatic hydroxyl groups is 1. The van der Waals surface area contributed by atoms with Gasteiger partial charge in [-0.2, -0.15) is 5.26 Å². The number of halogens is 2. The Bertz CT molecular complexity index is 413. The summed E-state index contributed by atoms with van der Waals surface area (Å²) in [6.45, 7) is 0. The van der Waals surface area contributed by atoms with Gasteiger partial charge in [-0.15, -0.1) is 0 Å². The number of aromatic nitrogens is 1. The van der Waals surface area contributed by atoms with Crippen LogP contribution in [0.4, 0.5) is 8.78 Å². The van der Waals surface area contributed by atoms with Crippen molar-refractivity contribution in [1.82, 2.24) is 4.98 Å². The summed E-state index contributed by atoms with van der Waals surface area (Å²) in [5.41, 5.74) is -1.65. The van der Waals surface area contributed by atoms with Crippen LogP contribution in [0, 0.1) is 11.3 Å². The highest BCUT2D eigenvalue weighted by Crippen LogP contribution is 2.29. The summed E-state index contributed by atoms with van der Waals surface area (Å²) in [7, 11) is 0. The summed E-state index contributed by atoms with van der Waals surface area (Å²) in [5, 5.41) is 17.5. The van der Waals surface area contributed by atoms with Crippen molar-refractivity contribution < 1.29 is 18.7 Å². The van der Waals surface area contributed by atoms with Crippen molar-refractivity contribution in [2.75, 3.05) is 0 Å². The molecule has 14 heavy (non-hydrogen) atoms. The summed E-state index contributed by atoms with van der Waals surface area (Å²) < 4.78 is 24.5. The predicted molar refractivity (Wildman–Crippen MR) is 41.0 cm³/mol. The van der Waals surface area contributed by atoms with Gasteiger partial charge in [0.15, 0.2) is 12.0 Å². The van der Waals surface area contributed by atoms with Crippen molar-refractivity contribution in [3.63, 3.8) is 0 Å². The number of aldehydes is 1. The average Bonchev–Trinajstić information content (AvgIpc) is 2.17. The third-order valence-corrected chi connectivity index (χ3v) is 1.51. The van der Waals surface area contributed by atoms with E-state index in [-0.39, 0.29) is 12.0 Å². The molecule has 0 aromatic carbocycles. The van der Waals surface area contributed by atoms with E-state index in [1.807, 2.05) is 0 Å². The molecule has 72 valence electrons. The quantitative estimate of drug-likeness (QED) is 0.729. The van der Waals surface area contributed by atoms with Gasteiger partial charge in [0.1, 0.15) is 17.5 Å². The standard InChI is InChI=1S/C8H4F2N2O2/c9-8(10)5-1-4(2-11)12-6(3-13)7(5)14/h1,3,8,14H. The van der Waals surface area contributed by atoms with Gasteiger partial charge in [-0.1, -0.05) is 0 Å². The normalized spacial score (nSPS) is 9.86. The number of pyridine rings is 1. The average molecular weight is 198 g/mol. The van der Waals surface area contributed by atoms with E-state index in [4.69, 9.17) is 10.4 Å². The Hall–Kier alpha value is -2.03. The zero-order valence-electron chi connectivity index (χ0n) is 6.74. The van der Waals surface area contributed by atoms with Gasteiger partial charge in [-0.3, -0.25) is 4.79 Å². The summed E-state index contributed by atoms with van der Waals surface area (Å²) in [6.07, 6.45) is -2.84. The molecule has 0 atom stereocenters. The van der Waals surface area contributed by atoms with Crippen LogP contribution in [0.15, 0.2) is 6.07 Å². The molecule has 0 amide bonds. The third kappa shape index (κ3) is 1.66. The van der Waals surface area contributed by atoms with Gasteiger partial charge in [0, 0.05) is 0 Å². The van der Waals surface area contributed by atoms with Crippen molar-refractivity contribution in [1.29, 1.82) is 5.26 Å². The summed E-state index contributed by atoms with van der Waals surface area (Å²) >= 11 is 0. The smallest absolute Gasteiger partial charge is 0.267 e. The molecule has 0 saturated carbocycles. The Balaban J connectivity index is 3.43. The van der Waals surface area contributed by atoms with Gasteiger partial charge < -0.3 is 5.11 Å². The zero-order valence-corrected chi connectivity index (χ0v) is 6.74. The van der Waals surface area contributed by atoms with Crippen molar-refractivity contribution in [3.05, 3.63) is 23.0 Å². The van der Waals surface area contributed by atoms with Crippen LogP contribution in [0.2, 0.25) is 0 Å². The van der Waals surface area contributed by atoms with Crippen LogP contribution >= 0.6 is 0 Å². The number of alkyl halides is 2. The van der Waals surface area contributed by atoms with E-state index in [2.05, 4.69) is 4.98 Å². The highest BCUT2D eigenvalue weighted by atomic mass is 19.3.